The van der Waals surface area contributed by atoms with Crippen LogP contribution in [0.3, 0.4) is 0 Å². The minimum Gasteiger partial charge on any atom is -0.318 e. The van der Waals surface area contributed by atoms with Crippen molar-refractivity contribution in [2.24, 2.45) is 0 Å². The lowest BCUT2D eigenvalue weighted by Gasteiger charge is -2.26. The molecule has 0 fully saturated rings. The number of rotatable bonds is 6. The van der Waals surface area contributed by atoms with Gasteiger partial charge in [-0.25, -0.2) is 0 Å². The second-order valence-electron chi connectivity index (χ2n) is 4.72. The van der Waals surface area contributed by atoms with E-state index in [1.165, 1.54) is 5.56 Å². The molecule has 0 spiro atoms. The van der Waals surface area contributed by atoms with Crippen LogP contribution in [-0.2, 0) is 6.42 Å². The maximum absolute atomic E-state index is 5.84. The van der Waals surface area contributed by atoms with Crippen LogP contribution in [0, 0.1) is 0 Å². The van der Waals surface area contributed by atoms with Crippen LogP contribution in [0.15, 0.2) is 24.3 Å². The van der Waals surface area contributed by atoms with Crippen LogP contribution in [0.2, 0.25) is 5.02 Å². The number of nitrogens with one attached hydrogen (secondary N) is 2. The minimum absolute atomic E-state index is 0.140. The van der Waals surface area contributed by atoms with Crippen LogP contribution in [0.25, 0.3) is 0 Å². The standard InChI is InChI=1S/C13H21ClN2/c1-13(2,10-15-3)16-9-8-11-4-6-12(14)7-5-11/h4-7,15-16H,8-10H2,1-3H3. The van der Waals surface area contributed by atoms with Crippen molar-refractivity contribution in [2.75, 3.05) is 20.1 Å². The van der Waals surface area contributed by atoms with Crippen molar-refractivity contribution in [3.05, 3.63) is 34.9 Å². The summed E-state index contributed by atoms with van der Waals surface area (Å²) in [7, 11) is 1.97. The van der Waals surface area contributed by atoms with Gasteiger partial charge in [0.05, 0.1) is 0 Å². The molecule has 0 saturated carbocycles. The first-order chi connectivity index (χ1) is 7.53. The topological polar surface area (TPSA) is 24.1 Å². The van der Waals surface area contributed by atoms with E-state index < -0.39 is 0 Å². The fourth-order valence-corrected chi connectivity index (χ4v) is 1.83. The van der Waals surface area contributed by atoms with Crippen molar-refractivity contribution in [1.82, 2.24) is 10.6 Å². The van der Waals surface area contributed by atoms with E-state index in [0.29, 0.717) is 0 Å². The third-order valence-corrected chi connectivity index (χ3v) is 2.80. The van der Waals surface area contributed by atoms with Gasteiger partial charge in [-0.15, -0.1) is 0 Å². The molecule has 0 saturated heterocycles. The average molecular weight is 241 g/mol. The predicted molar refractivity (Wildman–Crippen MR) is 71.2 cm³/mol. The van der Waals surface area contributed by atoms with E-state index in [1.807, 2.05) is 19.2 Å². The highest BCUT2D eigenvalue weighted by Gasteiger charge is 2.14. The molecule has 0 radical (unpaired) electrons. The summed E-state index contributed by atoms with van der Waals surface area (Å²) in [5.41, 5.74) is 1.46. The number of likely N-dealkylation sites (N-methyl/N-ethyl adjacent to an activating group) is 1. The van der Waals surface area contributed by atoms with Gasteiger partial charge in [0.2, 0.25) is 0 Å². The van der Waals surface area contributed by atoms with Gasteiger partial charge in [-0.1, -0.05) is 23.7 Å². The van der Waals surface area contributed by atoms with Crippen molar-refractivity contribution < 1.29 is 0 Å². The lowest BCUT2D eigenvalue weighted by molar-refractivity contribution is 0.379. The van der Waals surface area contributed by atoms with Crippen LogP contribution < -0.4 is 10.6 Å². The van der Waals surface area contributed by atoms with E-state index in [4.69, 9.17) is 11.6 Å². The van der Waals surface area contributed by atoms with Gasteiger partial charge in [0, 0.05) is 17.1 Å². The summed E-state index contributed by atoms with van der Waals surface area (Å²) in [4.78, 5) is 0. The lowest BCUT2D eigenvalue weighted by Crippen LogP contribution is -2.47. The highest BCUT2D eigenvalue weighted by Crippen LogP contribution is 2.10. The van der Waals surface area contributed by atoms with E-state index >= 15 is 0 Å². The highest BCUT2D eigenvalue weighted by molar-refractivity contribution is 6.30. The Hall–Kier alpha value is -0.570. The number of hydrogen-bond donors (Lipinski definition) is 2. The fraction of sp³-hybridized carbons (Fsp3) is 0.538. The Morgan fingerprint density at radius 2 is 1.81 bits per heavy atom. The average Bonchev–Trinajstić information content (AvgIpc) is 2.20. The van der Waals surface area contributed by atoms with Crippen molar-refractivity contribution in [2.45, 2.75) is 25.8 Å². The molecule has 1 rings (SSSR count). The summed E-state index contributed by atoms with van der Waals surface area (Å²) in [6.07, 6.45) is 1.03. The Kier molecular flexibility index (Phi) is 5.26. The molecule has 2 nitrogen and oxygen atoms in total. The van der Waals surface area contributed by atoms with Gasteiger partial charge in [0.15, 0.2) is 0 Å². The van der Waals surface area contributed by atoms with Crippen molar-refractivity contribution in [1.29, 1.82) is 0 Å². The summed E-state index contributed by atoms with van der Waals surface area (Å²) < 4.78 is 0. The fourth-order valence-electron chi connectivity index (χ4n) is 1.70. The summed E-state index contributed by atoms with van der Waals surface area (Å²) in [6.45, 7) is 6.35. The summed E-state index contributed by atoms with van der Waals surface area (Å²) in [6, 6.07) is 8.04. The van der Waals surface area contributed by atoms with Gasteiger partial charge < -0.3 is 10.6 Å². The maximum atomic E-state index is 5.84. The van der Waals surface area contributed by atoms with E-state index in [1.54, 1.807) is 0 Å². The number of hydrogen-bond acceptors (Lipinski definition) is 2. The first-order valence-corrected chi connectivity index (χ1v) is 6.05. The molecule has 3 heteroatoms. The quantitative estimate of drug-likeness (QED) is 0.799. The van der Waals surface area contributed by atoms with Gasteiger partial charge in [-0.3, -0.25) is 0 Å². The monoisotopic (exact) mass is 240 g/mol. The van der Waals surface area contributed by atoms with Crippen molar-refractivity contribution in [3.8, 4) is 0 Å². The molecule has 90 valence electrons. The molecule has 0 amide bonds. The Morgan fingerprint density at radius 1 is 1.19 bits per heavy atom. The number of halogens is 1. The molecule has 2 N–H and O–H groups in total. The van der Waals surface area contributed by atoms with E-state index in [2.05, 4.69) is 36.6 Å². The van der Waals surface area contributed by atoms with Crippen LogP contribution in [0.4, 0.5) is 0 Å². The van der Waals surface area contributed by atoms with E-state index in [-0.39, 0.29) is 5.54 Å². The second-order valence-corrected chi connectivity index (χ2v) is 5.15. The van der Waals surface area contributed by atoms with E-state index in [0.717, 1.165) is 24.5 Å². The first-order valence-electron chi connectivity index (χ1n) is 5.67. The Bertz CT molecular complexity index is 306. The van der Waals surface area contributed by atoms with Crippen LogP contribution in [-0.4, -0.2) is 25.7 Å². The van der Waals surface area contributed by atoms with Crippen LogP contribution in [0.5, 0.6) is 0 Å². The van der Waals surface area contributed by atoms with Gasteiger partial charge in [0.1, 0.15) is 0 Å². The second kappa shape index (κ2) is 6.24. The molecule has 0 aliphatic rings. The van der Waals surface area contributed by atoms with Gasteiger partial charge in [-0.2, -0.15) is 0 Å². The third kappa shape index (κ3) is 4.97. The minimum atomic E-state index is 0.140. The third-order valence-electron chi connectivity index (χ3n) is 2.55. The first kappa shape index (κ1) is 13.5. The van der Waals surface area contributed by atoms with Crippen molar-refractivity contribution >= 4 is 11.6 Å². The Labute approximate surface area is 103 Å². The maximum Gasteiger partial charge on any atom is 0.0406 e. The molecular weight excluding hydrogens is 220 g/mol. The number of benzene rings is 1. The molecule has 1 aromatic carbocycles. The predicted octanol–water partition coefficient (Wildman–Crippen LogP) is 2.47. The van der Waals surface area contributed by atoms with Crippen LogP contribution in [0.1, 0.15) is 19.4 Å². The zero-order chi connectivity index (χ0) is 12.0. The molecule has 0 heterocycles. The van der Waals surface area contributed by atoms with Crippen molar-refractivity contribution in [3.63, 3.8) is 0 Å². The Balaban J connectivity index is 2.32. The molecular formula is C13H21ClN2. The van der Waals surface area contributed by atoms with E-state index in [9.17, 15) is 0 Å². The Morgan fingerprint density at radius 3 is 2.38 bits per heavy atom. The SMILES string of the molecule is CNCC(C)(C)NCCc1ccc(Cl)cc1. The zero-order valence-corrected chi connectivity index (χ0v) is 11.1. The molecule has 0 aliphatic heterocycles. The molecule has 16 heavy (non-hydrogen) atoms. The lowest BCUT2D eigenvalue weighted by atomic mass is 10.1. The zero-order valence-electron chi connectivity index (χ0n) is 10.3. The summed E-state index contributed by atoms with van der Waals surface area (Å²) >= 11 is 5.84. The molecule has 0 unspecified atom stereocenters. The van der Waals surface area contributed by atoms with Gasteiger partial charge in [0.25, 0.3) is 0 Å². The molecule has 0 aliphatic carbocycles. The smallest absolute Gasteiger partial charge is 0.0406 e. The largest absolute Gasteiger partial charge is 0.318 e. The summed E-state index contributed by atoms with van der Waals surface area (Å²) in [5, 5.41) is 7.51. The molecule has 0 atom stereocenters. The summed E-state index contributed by atoms with van der Waals surface area (Å²) in [5.74, 6) is 0. The highest BCUT2D eigenvalue weighted by atomic mass is 35.5. The normalized spacial score (nSPS) is 11.8. The molecule has 0 aromatic heterocycles. The van der Waals surface area contributed by atoms with Gasteiger partial charge >= 0.3 is 0 Å². The van der Waals surface area contributed by atoms with Crippen LogP contribution >= 0.6 is 11.6 Å². The van der Waals surface area contributed by atoms with Gasteiger partial charge in [-0.05, 0) is 51.6 Å². The molecule has 0 bridgehead atoms. The molecule has 1 aromatic rings.